The van der Waals surface area contributed by atoms with E-state index in [1.54, 1.807) is 17.5 Å². The van der Waals surface area contributed by atoms with Gasteiger partial charge in [-0.15, -0.1) is 11.3 Å². The average molecular weight is 353 g/mol. The van der Waals surface area contributed by atoms with Gasteiger partial charge in [-0.3, -0.25) is 4.79 Å². The summed E-state index contributed by atoms with van der Waals surface area (Å²) in [5, 5.41) is 4.22. The number of hydrogen-bond donors (Lipinski definition) is 2. The van der Waals surface area contributed by atoms with Gasteiger partial charge in [0.25, 0.3) is 5.91 Å². The summed E-state index contributed by atoms with van der Waals surface area (Å²) >= 11 is 4.66. The van der Waals surface area contributed by atoms with Crippen LogP contribution in [0, 0.1) is 17.7 Å². The van der Waals surface area contributed by atoms with Crippen molar-refractivity contribution in [2.75, 3.05) is 11.9 Å². The second kappa shape index (κ2) is 6.66. The molecule has 20 heavy (non-hydrogen) atoms. The summed E-state index contributed by atoms with van der Waals surface area (Å²) in [7, 11) is 0. The van der Waals surface area contributed by atoms with Gasteiger partial charge in [-0.2, -0.15) is 0 Å². The highest BCUT2D eigenvalue weighted by Crippen LogP contribution is 2.22. The first-order chi connectivity index (χ1) is 9.60. The standard InChI is InChI=1S/C14H10BrFN2OS/c15-13-7-10(8-20-13)14(19)18-12-4-3-9(2-1-5-17)6-11(12)16/h3-4,6-8H,5,17H2,(H,18,19). The van der Waals surface area contributed by atoms with Crippen molar-refractivity contribution in [1.82, 2.24) is 0 Å². The van der Waals surface area contributed by atoms with E-state index in [2.05, 4.69) is 33.1 Å². The zero-order valence-corrected chi connectivity index (χ0v) is 12.6. The molecule has 0 fully saturated rings. The third-order valence-corrected chi connectivity index (χ3v) is 3.89. The molecule has 1 aromatic carbocycles. The molecule has 6 heteroatoms. The van der Waals surface area contributed by atoms with E-state index in [9.17, 15) is 9.18 Å². The second-order valence-corrected chi connectivity index (χ2v) is 6.08. The number of nitrogens with one attached hydrogen (secondary N) is 1. The number of nitrogens with two attached hydrogens (primary N) is 1. The maximum absolute atomic E-state index is 13.8. The summed E-state index contributed by atoms with van der Waals surface area (Å²) in [5.74, 6) is 4.48. The summed E-state index contributed by atoms with van der Waals surface area (Å²) in [5.41, 5.74) is 6.37. The zero-order valence-electron chi connectivity index (χ0n) is 10.2. The van der Waals surface area contributed by atoms with Gasteiger partial charge in [-0.1, -0.05) is 11.8 Å². The number of rotatable bonds is 2. The minimum atomic E-state index is -0.531. The number of thiophene rings is 1. The van der Waals surface area contributed by atoms with Gasteiger partial charge in [0, 0.05) is 10.9 Å². The molecule has 2 rings (SSSR count). The summed E-state index contributed by atoms with van der Waals surface area (Å²) in [4.78, 5) is 11.9. The largest absolute Gasteiger partial charge is 0.320 e. The Labute approximate surface area is 128 Å². The Bertz CT molecular complexity index is 703. The van der Waals surface area contributed by atoms with Crippen LogP contribution in [0.4, 0.5) is 10.1 Å². The number of carbonyl (C=O) groups excluding carboxylic acids is 1. The molecule has 0 saturated heterocycles. The Morgan fingerprint density at radius 2 is 2.25 bits per heavy atom. The molecule has 1 aromatic heterocycles. The lowest BCUT2D eigenvalue weighted by molar-refractivity contribution is 0.102. The van der Waals surface area contributed by atoms with Gasteiger partial charge in [-0.25, -0.2) is 4.39 Å². The summed E-state index contributed by atoms with van der Waals surface area (Å²) in [6, 6.07) is 6.06. The Kier molecular flexibility index (Phi) is 4.90. The van der Waals surface area contributed by atoms with Crippen LogP contribution >= 0.6 is 27.3 Å². The van der Waals surface area contributed by atoms with Gasteiger partial charge >= 0.3 is 0 Å². The fraction of sp³-hybridized carbons (Fsp3) is 0.0714. The fourth-order valence-corrected chi connectivity index (χ4v) is 2.61. The van der Waals surface area contributed by atoms with Gasteiger partial charge in [0.2, 0.25) is 0 Å². The van der Waals surface area contributed by atoms with Gasteiger partial charge < -0.3 is 11.1 Å². The highest BCUT2D eigenvalue weighted by Gasteiger charge is 2.11. The molecule has 0 spiro atoms. The fourth-order valence-electron chi connectivity index (χ4n) is 1.47. The van der Waals surface area contributed by atoms with Crippen LogP contribution in [0.25, 0.3) is 0 Å². The molecular weight excluding hydrogens is 343 g/mol. The monoisotopic (exact) mass is 352 g/mol. The predicted octanol–water partition coefficient (Wildman–Crippen LogP) is 3.21. The van der Waals surface area contributed by atoms with Crippen molar-refractivity contribution in [1.29, 1.82) is 0 Å². The Hall–Kier alpha value is -1.68. The SMILES string of the molecule is NCC#Cc1ccc(NC(=O)c2csc(Br)c2)c(F)c1. The molecule has 0 bridgehead atoms. The average Bonchev–Trinajstić information content (AvgIpc) is 2.86. The molecule has 0 aliphatic heterocycles. The summed E-state index contributed by atoms with van der Waals surface area (Å²) in [6.45, 7) is 0.215. The lowest BCUT2D eigenvalue weighted by atomic mass is 10.2. The van der Waals surface area contributed by atoms with E-state index < -0.39 is 5.82 Å². The van der Waals surface area contributed by atoms with Crippen molar-refractivity contribution < 1.29 is 9.18 Å². The summed E-state index contributed by atoms with van der Waals surface area (Å²) in [6.07, 6.45) is 0. The quantitative estimate of drug-likeness (QED) is 0.815. The van der Waals surface area contributed by atoms with Crippen molar-refractivity contribution in [3.63, 3.8) is 0 Å². The van der Waals surface area contributed by atoms with E-state index >= 15 is 0 Å². The van der Waals surface area contributed by atoms with Crippen LogP contribution < -0.4 is 11.1 Å². The number of anilines is 1. The first kappa shape index (κ1) is 14.7. The zero-order chi connectivity index (χ0) is 14.5. The molecule has 0 saturated carbocycles. The van der Waals surface area contributed by atoms with E-state index in [0.717, 1.165) is 3.79 Å². The highest BCUT2D eigenvalue weighted by molar-refractivity contribution is 9.11. The second-order valence-electron chi connectivity index (χ2n) is 3.79. The Morgan fingerprint density at radius 1 is 1.45 bits per heavy atom. The molecule has 3 nitrogen and oxygen atoms in total. The van der Waals surface area contributed by atoms with Crippen molar-refractivity contribution in [2.24, 2.45) is 5.73 Å². The molecule has 0 unspecified atom stereocenters. The lowest BCUT2D eigenvalue weighted by Gasteiger charge is -2.05. The van der Waals surface area contributed by atoms with Crippen LogP contribution in [0.2, 0.25) is 0 Å². The van der Waals surface area contributed by atoms with Gasteiger partial charge in [0.05, 0.1) is 21.6 Å². The number of carbonyl (C=O) groups is 1. The van der Waals surface area contributed by atoms with Crippen LogP contribution in [-0.4, -0.2) is 12.5 Å². The molecule has 102 valence electrons. The molecule has 1 amide bonds. The minimum Gasteiger partial charge on any atom is -0.320 e. The molecule has 0 aliphatic rings. The number of amides is 1. The maximum atomic E-state index is 13.8. The van der Waals surface area contributed by atoms with Crippen LogP contribution in [0.3, 0.4) is 0 Å². The van der Waals surface area contributed by atoms with Crippen LogP contribution in [0.5, 0.6) is 0 Å². The normalized spacial score (nSPS) is 9.75. The van der Waals surface area contributed by atoms with Crippen LogP contribution in [-0.2, 0) is 0 Å². The first-order valence-electron chi connectivity index (χ1n) is 5.64. The molecule has 3 N–H and O–H groups in total. The van der Waals surface area contributed by atoms with E-state index in [-0.39, 0.29) is 18.1 Å². The molecule has 1 heterocycles. The Morgan fingerprint density at radius 3 is 2.85 bits per heavy atom. The molecule has 2 aromatic rings. The number of halogens is 2. The molecule has 0 atom stereocenters. The van der Waals surface area contributed by atoms with E-state index in [4.69, 9.17) is 5.73 Å². The highest BCUT2D eigenvalue weighted by atomic mass is 79.9. The van der Waals surface area contributed by atoms with E-state index in [1.807, 2.05) is 0 Å². The molecule has 0 radical (unpaired) electrons. The van der Waals surface area contributed by atoms with Crippen molar-refractivity contribution in [2.45, 2.75) is 0 Å². The molecular formula is C14H10BrFN2OS. The van der Waals surface area contributed by atoms with Crippen LogP contribution in [0.1, 0.15) is 15.9 Å². The number of hydrogen-bond acceptors (Lipinski definition) is 3. The predicted molar refractivity (Wildman–Crippen MR) is 82.3 cm³/mol. The van der Waals surface area contributed by atoms with Crippen molar-refractivity contribution in [3.05, 3.63) is 50.4 Å². The van der Waals surface area contributed by atoms with Crippen molar-refractivity contribution >= 4 is 38.9 Å². The summed E-state index contributed by atoms with van der Waals surface area (Å²) < 4.78 is 14.7. The lowest BCUT2D eigenvalue weighted by Crippen LogP contribution is -2.12. The van der Waals surface area contributed by atoms with E-state index in [1.165, 1.54) is 23.5 Å². The smallest absolute Gasteiger partial charge is 0.256 e. The third kappa shape index (κ3) is 3.67. The van der Waals surface area contributed by atoms with E-state index in [0.29, 0.717) is 11.1 Å². The first-order valence-corrected chi connectivity index (χ1v) is 7.31. The van der Waals surface area contributed by atoms with Crippen LogP contribution in [0.15, 0.2) is 33.4 Å². The topological polar surface area (TPSA) is 55.1 Å². The third-order valence-electron chi connectivity index (χ3n) is 2.38. The minimum absolute atomic E-state index is 0.121. The number of benzene rings is 1. The van der Waals surface area contributed by atoms with Gasteiger partial charge in [0.1, 0.15) is 5.82 Å². The van der Waals surface area contributed by atoms with Gasteiger partial charge in [0.15, 0.2) is 0 Å². The van der Waals surface area contributed by atoms with Gasteiger partial charge in [-0.05, 0) is 40.2 Å². The Balaban J connectivity index is 2.16. The van der Waals surface area contributed by atoms with Crippen molar-refractivity contribution in [3.8, 4) is 11.8 Å². The molecule has 0 aliphatic carbocycles. The maximum Gasteiger partial charge on any atom is 0.256 e.